The van der Waals surface area contributed by atoms with Gasteiger partial charge in [0.25, 0.3) is 12.4 Å². The highest BCUT2D eigenvalue weighted by Gasteiger charge is 2.21. The number of aromatic hydroxyl groups is 1. The highest BCUT2D eigenvalue weighted by molar-refractivity contribution is 5.94. The minimum absolute atomic E-state index is 0.0824. The number of phenols is 1. The van der Waals surface area contributed by atoms with Gasteiger partial charge in [-0.05, 0) is 38.1 Å². The van der Waals surface area contributed by atoms with Crippen molar-refractivity contribution >= 4 is 12.4 Å². The zero-order valence-electron chi connectivity index (χ0n) is 14.1. The molecule has 24 heavy (non-hydrogen) atoms. The highest BCUT2D eigenvalue weighted by atomic mass is 19.1. The Labute approximate surface area is 141 Å². The van der Waals surface area contributed by atoms with Crippen LogP contribution in [0.5, 0.6) is 5.75 Å². The van der Waals surface area contributed by atoms with Gasteiger partial charge in [0, 0.05) is 26.2 Å². The monoisotopic (exact) mass is 340 g/mol. The summed E-state index contributed by atoms with van der Waals surface area (Å²) in [5.74, 6) is -1.10. The molecule has 0 unspecified atom stereocenters. The third kappa shape index (κ3) is 5.81. The molecule has 1 aromatic rings. The molecule has 1 aliphatic rings. The van der Waals surface area contributed by atoms with Crippen molar-refractivity contribution in [2.24, 2.45) is 0 Å². The Morgan fingerprint density at radius 1 is 1.29 bits per heavy atom. The molecule has 1 fully saturated rings. The third-order valence-corrected chi connectivity index (χ3v) is 4.26. The number of carboxylic acid groups (broad SMARTS) is 1. The number of phenolic OH excluding ortho intramolecular Hbond substituents is 1. The number of hydrogen-bond acceptors (Lipinski definition) is 4. The number of nitrogens with zero attached hydrogens (tertiary/aromatic N) is 2. The van der Waals surface area contributed by atoms with E-state index in [2.05, 4.69) is 11.9 Å². The minimum Gasteiger partial charge on any atom is -0.508 e. The van der Waals surface area contributed by atoms with Gasteiger partial charge in [-0.1, -0.05) is 12.8 Å². The van der Waals surface area contributed by atoms with Gasteiger partial charge in [0.1, 0.15) is 11.6 Å². The van der Waals surface area contributed by atoms with Gasteiger partial charge in [-0.3, -0.25) is 9.59 Å². The Morgan fingerprint density at radius 2 is 1.88 bits per heavy atom. The molecule has 2 rings (SSSR count). The first-order valence-electron chi connectivity index (χ1n) is 7.92. The first-order valence-corrected chi connectivity index (χ1v) is 7.92. The van der Waals surface area contributed by atoms with E-state index in [9.17, 15) is 14.3 Å². The SMILES string of the molecule is CN(CCN(C)C1CCCC1)C(=O)c1cc(O)ccc1F.O=CO. The van der Waals surface area contributed by atoms with E-state index >= 15 is 0 Å². The maximum atomic E-state index is 13.7. The quantitative estimate of drug-likeness (QED) is 0.803. The molecule has 1 aromatic carbocycles. The summed E-state index contributed by atoms with van der Waals surface area (Å²) in [4.78, 5) is 24.3. The van der Waals surface area contributed by atoms with Crippen molar-refractivity contribution in [1.82, 2.24) is 9.80 Å². The van der Waals surface area contributed by atoms with E-state index in [1.165, 1.54) is 42.7 Å². The topological polar surface area (TPSA) is 81.1 Å². The summed E-state index contributed by atoms with van der Waals surface area (Å²) in [5, 5.41) is 16.3. The lowest BCUT2D eigenvalue weighted by Gasteiger charge is -2.27. The molecule has 7 heteroatoms. The number of carbonyl (C=O) groups excluding carboxylic acids is 1. The summed E-state index contributed by atoms with van der Waals surface area (Å²) < 4.78 is 13.7. The van der Waals surface area contributed by atoms with Crippen LogP contribution in [0.25, 0.3) is 0 Å². The Hall–Kier alpha value is -2.15. The molecule has 1 amide bonds. The third-order valence-electron chi connectivity index (χ3n) is 4.26. The zero-order valence-corrected chi connectivity index (χ0v) is 14.1. The van der Waals surface area contributed by atoms with Crippen molar-refractivity contribution in [3.05, 3.63) is 29.6 Å². The first-order chi connectivity index (χ1) is 11.4. The summed E-state index contributed by atoms with van der Waals surface area (Å²) in [5.41, 5.74) is -0.0824. The second kappa shape index (κ2) is 9.87. The Bertz CT molecular complexity index is 547. The molecule has 0 aromatic heterocycles. The number of benzene rings is 1. The summed E-state index contributed by atoms with van der Waals surface area (Å²) in [6.45, 7) is 1.06. The van der Waals surface area contributed by atoms with Crippen LogP contribution in [0.3, 0.4) is 0 Å². The zero-order chi connectivity index (χ0) is 18.1. The Kier molecular flexibility index (Phi) is 8.18. The van der Waals surface area contributed by atoms with Gasteiger partial charge in [-0.25, -0.2) is 4.39 Å². The van der Waals surface area contributed by atoms with E-state index in [0.29, 0.717) is 12.6 Å². The van der Waals surface area contributed by atoms with Crippen molar-refractivity contribution in [1.29, 1.82) is 0 Å². The Morgan fingerprint density at radius 3 is 2.46 bits per heavy atom. The van der Waals surface area contributed by atoms with Gasteiger partial charge in [-0.15, -0.1) is 0 Å². The van der Waals surface area contributed by atoms with Crippen LogP contribution in [0.2, 0.25) is 0 Å². The molecule has 134 valence electrons. The van der Waals surface area contributed by atoms with Gasteiger partial charge >= 0.3 is 0 Å². The number of amides is 1. The molecule has 0 heterocycles. The van der Waals surface area contributed by atoms with Gasteiger partial charge in [0.2, 0.25) is 0 Å². The fraction of sp³-hybridized carbons (Fsp3) is 0.529. The van der Waals surface area contributed by atoms with E-state index in [0.717, 1.165) is 12.6 Å². The number of hydrogen-bond donors (Lipinski definition) is 2. The second-order valence-corrected chi connectivity index (χ2v) is 5.92. The van der Waals surface area contributed by atoms with Gasteiger partial charge in [-0.2, -0.15) is 0 Å². The largest absolute Gasteiger partial charge is 0.508 e. The van der Waals surface area contributed by atoms with Crippen molar-refractivity contribution in [3.8, 4) is 5.75 Å². The van der Waals surface area contributed by atoms with Crippen molar-refractivity contribution in [2.75, 3.05) is 27.2 Å². The Balaban J connectivity index is 0.000000891. The van der Waals surface area contributed by atoms with Crippen LogP contribution >= 0.6 is 0 Å². The molecule has 6 nitrogen and oxygen atoms in total. The molecule has 0 aliphatic heterocycles. The molecule has 1 aliphatic carbocycles. The van der Waals surface area contributed by atoms with Crippen molar-refractivity contribution < 1.29 is 24.2 Å². The molecule has 0 bridgehead atoms. The fourth-order valence-electron chi connectivity index (χ4n) is 2.82. The molecular formula is C17H25FN2O4. The van der Waals surface area contributed by atoms with Gasteiger partial charge in [0.15, 0.2) is 0 Å². The van der Waals surface area contributed by atoms with E-state index in [-0.39, 0.29) is 17.8 Å². The number of carbonyl (C=O) groups is 2. The van der Waals surface area contributed by atoms with Crippen LogP contribution in [0.1, 0.15) is 36.0 Å². The lowest BCUT2D eigenvalue weighted by molar-refractivity contribution is -0.122. The van der Waals surface area contributed by atoms with Crippen LogP contribution in [-0.2, 0) is 4.79 Å². The lowest BCUT2D eigenvalue weighted by Crippen LogP contribution is -2.38. The van der Waals surface area contributed by atoms with Crippen LogP contribution in [0, 0.1) is 5.82 Å². The van der Waals surface area contributed by atoms with Crippen LogP contribution in [-0.4, -0.2) is 65.6 Å². The standard InChI is InChI=1S/C16H23FN2O2.CH2O2/c1-18(12-5-3-4-6-12)9-10-19(2)16(21)14-11-13(20)7-8-15(14)17;2-1-3/h7-8,11-12,20H,3-6,9-10H2,1-2H3;1H,(H,2,3). The van der Waals surface area contributed by atoms with Crippen LogP contribution < -0.4 is 0 Å². The normalized spacial score (nSPS) is 14.2. The number of halogens is 1. The predicted molar refractivity (Wildman–Crippen MR) is 88.6 cm³/mol. The average molecular weight is 340 g/mol. The van der Waals surface area contributed by atoms with Crippen molar-refractivity contribution in [2.45, 2.75) is 31.7 Å². The van der Waals surface area contributed by atoms with Gasteiger partial charge in [0.05, 0.1) is 5.56 Å². The summed E-state index contributed by atoms with van der Waals surface area (Å²) in [7, 11) is 3.73. The maximum Gasteiger partial charge on any atom is 0.290 e. The molecule has 0 atom stereocenters. The molecule has 0 radical (unpaired) electrons. The summed E-state index contributed by atoms with van der Waals surface area (Å²) >= 11 is 0. The molecule has 2 N–H and O–H groups in total. The van der Waals surface area contributed by atoms with E-state index in [1.807, 2.05) is 0 Å². The van der Waals surface area contributed by atoms with Crippen LogP contribution in [0.4, 0.5) is 4.39 Å². The fourth-order valence-corrected chi connectivity index (χ4v) is 2.82. The minimum atomic E-state index is -0.603. The van der Waals surface area contributed by atoms with E-state index in [1.54, 1.807) is 7.05 Å². The highest BCUT2D eigenvalue weighted by Crippen LogP contribution is 2.22. The van der Waals surface area contributed by atoms with Gasteiger partial charge < -0.3 is 20.0 Å². The van der Waals surface area contributed by atoms with E-state index in [4.69, 9.17) is 9.90 Å². The number of rotatable bonds is 5. The lowest BCUT2D eigenvalue weighted by atomic mass is 10.1. The molecule has 0 spiro atoms. The second-order valence-electron chi connectivity index (χ2n) is 5.92. The first kappa shape index (κ1) is 19.9. The van der Waals surface area contributed by atoms with Crippen LogP contribution in [0.15, 0.2) is 18.2 Å². The number of likely N-dealkylation sites (N-methyl/N-ethyl adjacent to an activating group) is 2. The molecular weight excluding hydrogens is 315 g/mol. The predicted octanol–water partition coefficient (Wildman–Crippen LogP) is 2.18. The molecule has 0 saturated heterocycles. The van der Waals surface area contributed by atoms with E-state index < -0.39 is 11.7 Å². The maximum absolute atomic E-state index is 13.7. The van der Waals surface area contributed by atoms with Crippen molar-refractivity contribution in [3.63, 3.8) is 0 Å². The summed E-state index contributed by atoms with van der Waals surface area (Å²) in [6, 6.07) is 4.13. The smallest absolute Gasteiger partial charge is 0.290 e. The molecule has 1 saturated carbocycles. The average Bonchev–Trinajstić information content (AvgIpc) is 3.09. The summed E-state index contributed by atoms with van der Waals surface area (Å²) in [6.07, 6.45) is 4.99.